The number of carbonyl (C=O) groups is 1. The average Bonchev–Trinajstić information content (AvgIpc) is 3.21. The molecule has 5 aromatic rings. The van der Waals surface area contributed by atoms with E-state index >= 15 is 0 Å². The maximum atomic E-state index is 13.7. The molecule has 2 heterocycles. The number of anilines is 2. The second-order valence-corrected chi connectivity index (χ2v) is 16.3. The molecule has 11 heteroatoms. The number of aryl methyl sites for hydroxylation is 1. The van der Waals surface area contributed by atoms with Crippen LogP contribution in [0.3, 0.4) is 0 Å². The quantitative estimate of drug-likeness (QED) is 0.124. The van der Waals surface area contributed by atoms with Crippen molar-refractivity contribution in [1.29, 1.82) is 0 Å². The summed E-state index contributed by atoms with van der Waals surface area (Å²) in [4.78, 5) is 18.5. The van der Waals surface area contributed by atoms with Gasteiger partial charge in [-0.1, -0.05) is 78.3 Å². The predicted octanol–water partition coefficient (Wildman–Crippen LogP) is 8.17. The van der Waals surface area contributed by atoms with Gasteiger partial charge in [-0.2, -0.15) is 0 Å². The van der Waals surface area contributed by atoms with Crippen LogP contribution in [0.15, 0.2) is 120 Å². The van der Waals surface area contributed by atoms with Crippen molar-refractivity contribution in [3.05, 3.63) is 143 Å². The Morgan fingerprint density at radius 1 is 0.855 bits per heavy atom. The minimum Gasteiger partial charge on any atom is -0.488 e. The number of ether oxygens (including phenoxy) is 2. The van der Waals surface area contributed by atoms with Crippen LogP contribution in [-0.2, 0) is 27.9 Å². The van der Waals surface area contributed by atoms with Crippen LogP contribution in [0.1, 0.15) is 39.9 Å². The van der Waals surface area contributed by atoms with Gasteiger partial charge in [-0.3, -0.25) is 9.69 Å². The van der Waals surface area contributed by atoms with E-state index < -0.39 is 15.9 Å². The van der Waals surface area contributed by atoms with Crippen molar-refractivity contribution in [2.75, 3.05) is 56.2 Å². The largest absolute Gasteiger partial charge is 0.488 e. The number of amides is 1. The predicted molar refractivity (Wildman–Crippen MR) is 219 cm³/mol. The molecular formula is C44H47ClN4O5S. The number of sulfonamides is 1. The van der Waals surface area contributed by atoms with Crippen LogP contribution in [-0.4, -0.2) is 65.2 Å². The van der Waals surface area contributed by atoms with Gasteiger partial charge in [0.25, 0.3) is 15.9 Å². The van der Waals surface area contributed by atoms with E-state index in [0.29, 0.717) is 11.7 Å². The van der Waals surface area contributed by atoms with Crippen molar-refractivity contribution in [3.8, 4) is 16.9 Å². The van der Waals surface area contributed by atoms with E-state index in [4.69, 9.17) is 21.1 Å². The van der Waals surface area contributed by atoms with E-state index in [9.17, 15) is 13.2 Å². The highest BCUT2D eigenvalue weighted by Crippen LogP contribution is 2.30. The third-order valence-corrected chi connectivity index (χ3v) is 12.0. The van der Waals surface area contributed by atoms with Gasteiger partial charge < -0.3 is 19.7 Å². The lowest BCUT2D eigenvalue weighted by molar-refractivity contribution is 0.0699. The molecule has 0 saturated carbocycles. The van der Waals surface area contributed by atoms with Gasteiger partial charge in [0.1, 0.15) is 12.4 Å². The molecule has 2 saturated heterocycles. The maximum absolute atomic E-state index is 13.7. The fourth-order valence-electron chi connectivity index (χ4n) is 7.17. The lowest BCUT2D eigenvalue weighted by atomic mass is 9.99. The molecule has 0 unspecified atom stereocenters. The first-order chi connectivity index (χ1) is 26.7. The number of hydrogen-bond acceptors (Lipinski definition) is 8. The molecule has 2 aliphatic rings. The summed E-state index contributed by atoms with van der Waals surface area (Å²) in [6, 6.07) is 36.4. The topological polar surface area (TPSA) is 100 Å². The van der Waals surface area contributed by atoms with Crippen molar-refractivity contribution >= 4 is 38.9 Å². The van der Waals surface area contributed by atoms with E-state index in [1.165, 1.54) is 17.2 Å². The van der Waals surface area contributed by atoms with Gasteiger partial charge in [-0.05, 0) is 96.0 Å². The van der Waals surface area contributed by atoms with Gasteiger partial charge in [-0.25, -0.2) is 13.1 Å². The van der Waals surface area contributed by atoms with E-state index in [2.05, 4.69) is 56.2 Å². The molecule has 5 aromatic carbocycles. The normalized spacial score (nSPS) is 15.4. The van der Waals surface area contributed by atoms with Gasteiger partial charge in [0, 0.05) is 74.9 Å². The van der Waals surface area contributed by atoms with Crippen LogP contribution < -0.4 is 19.7 Å². The first-order valence-corrected chi connectivity index (χ1v) is 20.7. The molecule has 0 spiro atoms. The zero-order valence-corrected chi connectivity index (χ0v) is 32.6. The lowest BCUT2D eigenvalue weighted by Gasteiger charge is -2.36. The number of benzene rings is 5. The van der Waals surface area contributed by atoms with Gasteiger partial charge in [0.05, 0.1) is 10.5 Å². The number of hydrogen-bond donors (Lipinski definition) is 2. The molecular weight excluding hydrogens is 732 g/mol. The minimum atomic E-state index is -4.17. The molecule has 0 aromatic heterocycles. The summed E-state index contributed by atoms with van der Waals surface area (Å²) < 4.78 is 41.1. The average molecular weight is 779 g/mol. The summed E-state index contributed by atoms with van der Waals surface area (Å²) in [5.74, 6) is 0.0787. The van der Waals surface area contributed by atoms with Crippen LogP contribution in [0.25, 0.3) is 11.1 Å². The number of piperazine rings is 1. The third-order valence-electron chi connectivity index (χ3n) is 10.4. The molecule has 0 aliphatic carbocycles. The highest BCUT2D eigenvalue weighted by atomic mass is 35.5. The van der Waals surface area contributed by atoms with Crippen molar-refractivity contribution in [3.63, 3.8) is 0 Å². The van der Waals surface area contributed by atoms with Crippen LogP contribution in [0, 0.1) is 12.8 Å². The number of rotatable bonds is 13. The van der Waals surface area contributed by atoms with Crippen molar-refractivity contribution in [2.24, 2.45) is 5.92 Å². The van der Waals surface area contributed by atoms with Crippen LogP contribution >= 0.6 is 11.6 Å². The molecule has 55 heavy (non-hydrogen) atoms. The molecule has 1 amide bonds. The van der Waals surface area contributed by atoms with E-state index in [-0.39, 0.29) is 17.1 Å². The summed E-state index contributed by atoms with van der Waals surface area (Å²) in [7, 11) is -4.17. The Morgan fingerprint density at radius 2 is 1.58 bits per heavy atom. The monoisotopic (exact) mass is 778 g/mol. The number of carbonyl (C=O) groups excluding carboxylic acids is 1. The van der Waals surface area contributed by atoms with Gasteiger partial charge >= 0.3 is 0 Å². The first-order valence-electron chi connectivity index (χ1n) is 18.8. The standard InChI is InChI=1S/C44H47ClN4O5S/c1-32-27-39(16-18-42(32)46-29-33-19-25-53-26-20-33)55(51,52)47-44(50)41-17-15-38(28-43(41)54-31-34-7-3-2-4-8-34)49-23-21-48(22-24-49)30-36-9-5-6-10-40(36)35-11-13-37(45)14-12-35/h2-18,27-28,33,46H,19-26,29-31H2,1H3,(H,47,50). The van der Waals surface area contributed by atoms with Crippen LogP contribution in [0.2, 0.25) is 5.02 Å². The third kappa shape index (κ3) is 9.87. The molecule has 0 bridgehead atoms. The first kappa shape index (κ1) is 38.4. The van der Waals surface area contributed by atoms with Gasteiger partial charge in [0.2, 0.25) is 0 Å². The van der Waals surface area contributed by atoms with Gasteiger partial charge in [0.15, 0.2) is 0 Å². The Kier molecular flexibility index (Phi) is 12.4. The summed E-state index contributed by atoms with van der Waals surface area (Å²) in [6.45, 7) is 8.48. The Hall–Kier alpha value is -4.87. The molecule has 2 aliphatic heterocycles. The lowest BCUT2D eigenvalue weighted by Crippen LogP contribution is -2.46. The smallest absolute Gasteiger partial charge is 0.268 e. The minimum absolute atomic E-state index is 0.0204. The summed E-state index contributed by atoms with van der Waals surface area (Å²) in [6.07, 6.45) is 2.00. The van der Waals surface area contributed by atoms with E-state index in [1.54, 1.807) is 18.2 Å². The van der Waals surface area contributed by atoms with Crippen molar-refractivity contribution in [1.82, 2.24) is 9.62 Å². The van der Waals surface area contributed by atoms with E-state index in [0.717, 1.165) is 98.4 Å². The van der Waals surface area contributed by atoms with Crippen molar-refractivity contribution < 1.29 is 22.7 Å². The Balaban J connectivity index is 1.03. The fourth-order valence-corrected chi connectivity index (χ4v) is 8.34. The SMILES string of the molecule is Cc1cc(S(=O)(=O)NC(=O)c2ccc(N3CCN(Cc4ccccc4-c4ccc(Cl)cc4)CC3)cc2OCc2ccccc2)ccc1NCC1CCOCC1. The molecule has 0 atom stereocenters. The molecule has 7 rings (SSSR count). The highest BCUT2D eigenvalue weighted by Gasteiger charge is 2.25. The molecule has 2 N–H and O–H groups in total. The molecule has 9 nitrogen and oxygen atoms in total. The van der Waals surface area contributed by atoms with Gasteiger partial charge in [-0.15, -0.1) is 0 Å². The highest BCUT2D eigenvalue weighted by molar-refractivity contribution is 7.90. The zero-order valence-electron chi connectivity index (χ0n) is 31.0. The molecule has 0 radical (unpaired) electrons. The number of nitrogens with one attached hydrogen (secondary N) is 2. The second kappa shape index (κ2) is 17.7. The Labute approximate surface area is 329 Å². The maximum Gasteiger partial charge on any atom is 0.268 e. The van der Waals surface area contributed by atoms with Crippen LogP contribution in [0.4, 0.5) is 11.4 Å². The van der Waals surface area contributed by atoms with Crippen LogP contribution in [0.5, 0.6) is 5.75 Å². The van der Waals surface area contributed by atoms with Crippen molar-refractivity contribution in [2.45, 2.75) is 37.8 Å². The second-order valence-electron chi connectivity index (χ2n) is 14.2. The fraction of sp³-hybridized carbons (Fsp3) is 0.295. The summed E-state index contributed by atoms with van der Waals surface area (Å²) >= 11 is 6.15. The summed E-state index contributed by atoms with van der Waals surface area (Å²) in [5, 5.41) is 4.17. The Morgan fingerprint density at radius 3 is 2.33 bits per heavy atom. The zero-order chi connectivity index (χ0) is 38.2. The summed E-state index contributed by atoms with van der Waals surface area (Å²) in [5.41, 5.74) is 7.23. The van der Waals surface area contributed by atoms with E-state index in [1.807, 2.05) is 61.5 Å². The number of halogens is 1. The number of nitrogens with zero attached hydrogens (tertiary/aromatic N) is 2. The Bertz CT molecular complexity index is 2190. The molecule has 286 valence electrons. The molecule has 2 fully saturated rings.